The summed E-state index contributed by atoms with van der Waals surface area (Å²) in [7, 11) is -2.99. The van der Waals surface area contributed by atoms with E-state index in [1.165, 1.54) is 0 Å². The SMILES string of the molecule is Cc1nc2cc(C(=O)NC[C@@H](C(C)C)N3CCOCC3)ccc2n1[C@@H]1CCS(=O)(=O)C1. The number of sulfone groups is 1. The van der Waals surface area contributed by atoms with Crippen molar-refractivity contribution in [2.75, 3.05) is 44.4 Å². The fourth-order valence-corrected chi connectivity index (χ4v) is 6.50. The van der Waals surface area contributed by atoms with Crippen LogP contribution in [0.5, 0.6) is 0 Å². The van der Waals surface area contributed by atoms with E-state index in [9.17, 15) is 13.2 Å². The number of ether oxygens (including phenoxy) is 1. The largest absolute Gasteiger partial charge is 0.379 e. The van der Waals surface area contributed by atoms with E-state index in [1.807, 2.05) is 17.6 Å². The molecule has 2 atom stereocenters. The van der Waals surface area contributed by atoms with Gasteiger partial charge in [0.1, 0.15) is 5.82 Å². The van der Waals surface area contributed by atoms with Gasteiger partial charge < -0.3 is 14.6 Å². The number of hydrogen-bond donors (Lipinski definition) is 1. The molecule has 2 aliphatic rings. The first-order chi connectivity index (χ1) is 14.7. The Morgan fingerprint density at radius 2 is 2.03 bits per heavy atom. The Morgan fingerprint density at radius 3 is 2.68 bits per heavy atom. The van der Waals surface area contributed by atoms with Crippen LogP contribution in [0.4, 0.5) is 0 Å². The van der Waals surface area contributed by atoms with Crippen LogP contribution in [0.2, 0.25) is 0 Å². The highest BCUT2D eigenvalue weighted by Crippen LogP contribution is 2.29. The molecule has 2 saturated heterocycles. The molecule has 2 aliphatic heterocycles. The minimum absolute atomic E-state index is 0.0880. The summed E-state index contributed by atoms with van der Waals surface area (Å²) in [5.74, 6) is 1.46. The third-order valence-electron chi connectivity index (χ3n) is 6.46. The lowest BCUT2D eigenvalue weighted by atomic mass is 10.0. The van der Waals surface area contributed by atoms with E-state index < -0.39 is 9.84 Å². The average Bonchev–Trinajstić information content (AvgIpc) is 3.25. The summed E-state index contributed by atoms with van der Waals surface area (Å²) in [6.45, 7) is 10.1. The molecule has 8 nitrogen and oxygen atoms in total. The van der Waals surface area contributed by atoms with Crippen molar-refractivity contribution in [3.8, 4) is 0 Å². The van der Waals surface area contributed by atoms with E-state index in [1.54, 1.807) is 12.1 Å². The van der Waals surface area contributed by atoms with Gasteiger partial charge in [-0.2, -0.15) is 0 Å². The van der Waals surface area contributed by atoms with Gasteiger partial charge in [-0.3, -0.25) is 9.69 Å². The molecule has 1 aromatic carbocycles. The van der Waals surface area contributed by atoms with Crippen molar-refractivity contribution in [3.63, 3.8) is 0 Å². The molecule has 4 rings (SSSR count). The zero-order valence-electron chi connectivity index (χ0n) is 18.5. The monoisotopic (exact) mass is 448 g/mol. The number of carbonyl (C=O) groups excluding carboxylic acids is 1. The molecule has 0 unspecified atom stereocenters. The summed E-state index contributed by atoms with van der Waals surface area (Å²) in [6, 6.07) is 5.67. The average molecular weight is 449 g/mol. The smallest absolute Gasteiger partial charge is 0.251 e. The van der Waals surface area contributed by atoms with Crippen molar-refractivity contribution in [1.82, 2.24) is 19.8 Å². The van der Waals surface area contributed by atoms with Crippen LogP contribution in [0.15, 0.2) is 18.2 Å². The zero-order valence-corrected chi connectivity index (χ0v) is 19.3. The molecule has 170 valence electrons. The lowest BCUT2D eigenvalue weighted by molar-refractivity contribution is 0.00673. The number of aryl methyl sites for hydroxylation is 1. The molecule has 0 spiro atoms. The van der Waals surface area contributed by atoms with Crippen molar-refractivity contribution in [1.29, 1.82) is 0 Å². The highest BCUT2D eigenvalue weighted by Gasteiger charge is 2.31. The van der Waals surface area contributed by atoms with E-state index in [0.717, 1.165) is 43.2 Å². The van der Waals surface area contributed by atoms with Gasteiger partial charge in [0.15, 0.2) is 9.84 Å². The first-order valence-electron chi connectivity index (χ1n) is 11.0. The molecule has 0 aliphatic carbocycles. The van der Waals surface area contributed by atoms with Gasteiger partial charge in [0.2, 0.25) is 0 Å². The number of aromatic nitrogens is 2. The molecule has 9 heteroatoms. The van der Waals surface area contributed by atoms with E-state index >= 15 is 0 Å². The van der Waals surface area contributed by atoms with Gasteiger partial charge in [0, 0.05) is 31.2 Å². The fourth-order valence-electron chi connectivity index (χ4n) is 4.80. The molecule has 31 heavy (non-hydrogen) atoms. The highest BCUT2D eigenvalue weighted by atomic mass is 32.2. The third-order valence-corrected chi connectivity index (χ3v) is 8.21. The molecule has 2 fully saturated rings. The number of morpholine rings is 1. The second kappa shape index (κ2) is 8.88. The number of fused-ring (bicyclic) bond motifs is 1. The molecule has 0 radical (unpaired) electrons. The van der Waals surface area contributed by atoms with E-state index in [4.69, 9.17) is 4.74 Å². The second-order valence-corrected chi connectivity index (χ2v) is 11.2. The Hall–Kier alpha value is -1.97. The van der Waals surface area contributed by atoms with Crippen LogP contribution in [0.3, 0.4) is 0 Å². The predicted octanol–water partition coefficient (Wildman–Crippen LogP) is 1.79. The summed E-state index contributed by atoms with van der Waals surface area (Å²) in [4.78, 5) is 19.9. The predicted molar refractivity (Wildman–Crippen MR) is 120 cm³/mol. The molecule has 0 bridgehead atoms. The minimum atomic E-state index is -2.99. The van der Waals surface area contributed by atoms with E-state index in [2.05, 4.69) is 29.0 Å². The van der Waals surface area contributed by atoms with Crippen LogP contribution < -0.4 is 5.32 Å². The standard InChI is InChI=1S/C22H32N4O4S/c1-15(2)21(25-7-9-30-10-8-25)13-23-22(27)17-4-5-20-19(12-17)24-16(3)26(20)18-6-11-31(28,29)14-18/h4-5,12,15,18,21H,6-11,13-14H2,1-3H3,(H,23,27)/t18-,21+/m1/s1. The second-order valence-electron chi connectivity index (χ2n) is 8.96. The highest BCUT2D eigenvalue weighted by molar-refractivity contribution is 7.91. The Morgan fingerprint density at radius 1 is 1.29 bits per heavy atom. The first-order valence-corrected chi connectivity index (χ1v) is 12.9. The molecule has 2 aromatic rings. The zero-order chi connectivity index (χ0) is 22.2. The Kier molecular flexibility index (Phi) is 6.37. The van der Waals surface area contributed by atoms with Crippen molar-refractivity contribution < 1.29 is 17.9 Å². The number of nitrogens with zero attached hydrogens (tertiary/aromatic N) is 3. The van der Waals surface area contributed by atoms with Crippen LogP contribution in [-0.2, 0) is 14.6 Å². The van der Waals surface area contributed by atoms with Gasteiger partial charge in [0.05, 0.1) is 41.8 Å². The fraction of sp³-hybridized carbons (Fsp3) is 0.636. The summed E-state index contributed by atoms with van der Waals surface area (Å²) in [5, 5.41) is 3.09. The lowest BCUT2D eigenvalue weighted by Crippen LogP contribution is -2.51. The molecule has 1 N–H and O–H groups in total. The van der Waals surface area contributed by atoms with Gasteiger partial charge in [-0.15, -0.1) is 0 Å². The maximum absolute atomic E-state index is 12.9. The maximum Gasteiger partial charge on any atom is 0.251 e. The van der Waals surface area contributed by atoms with Crippen LogP contribution in [0.25, 0.3) is 11.0 Å². The molecule has 1 amide bonds. The van der Waals surface area contributed by atoms with Gasteiger partial charge in [0.25, 0.3) is 5.91 Å². The molecule has 1 aromatic heterocycles. The number of nitrogens with one attached hydrogen (secondary N) is 1. The number of hydrogen-bond acceptors (Lipinski definition) is 6. The van der Waals surface area contributed by atoms with E-state index in [-0.39, 0.29) is 29.5 Å². The quantitative estimate of drug-likeness (QED) is 0.724. The minimum Gasteiger partial charge on any atom is -0.379 e. The lowest BCUT2D eigenvalue weighted by Gasteiger charge is -2.36. The van der Waals surface area contributed by atoms with Crippen molar-refractivity contribution in [2.24, 2.45) is 5.92 Å². The van der Waals surface area contributed by atoms with Crippen molar-refractivity contribution in [2.45, 2.75) is 39.3 Å². The topological polar surface area (TPSA) is 93.5 Å². The normalized spacial score (nSPS) is 22.8. The Balaban J connectivity index is 1.48. The third kappa shape index (κ3) is 4.78. The van der Waals surface area contributed by atoms with Gasteiger partial charge in [-0.05, 0) is 37.5 Å². The Bertz CT molecular complexity index is 1060. The Labute approximate surface area is 183 Å². The number of amides is 1. The van der Waals surface area contributed by atoms with Crippen LogP contribution >= 0.6 is 0 Å². The number of carbonyl (C=O) groups is 1. The van der Waals surface area contributed by atoms with Crippen LogP contribution in [0.1, 0.15) is 42.5 Å². The van der Waals surface area contributed by atoms with Gasteiger partial charge in [-0.25, -0.2) is 13.4 Å². The van der Waals surface area contributed by atoms with Gasteiger partial charge in [-0.1, -0.05) is 13.8 Å². The summed E-state index contributed by atoms with van der Waals surface area (Å²) in [6.07, 6.45) is 0.606. The number of rotatable bonds is 6. The number of imidazole rings is 1. The summed E-state index contributed by atoms with van der Waals surface area (Å²) < 4.78 is 31.3. The first kappa shape index (κ1) is 22.2. The van der Waals surface area contributed by atoms with Crippen LogP contribution in [-0.4, -0.2) is 79.2 Å². The van der Waals surface area contributed by atoms with Crippen LogP contribution in [0, 0.1) is 12.8 Å². The van der Waals surface area contributed by atoms with E-state index in [0.29, 0.717) is 24.4 Å². The maximum atomic E-state index is 12.9. The summed E-state index contributed by atoms with van der Waals surface area (Å²) >= 11 is 0. The molecule has 3 heterocycles. The van der Waals surface area contributed by atoms with Gasteiger partial charge >= 0.3 is 0 Å². The molecule has 0 saturated carbocycles. The molecular weight excluding hydrogens is 416 g/mol. The van der Waals surface area contributed by atoms with Crippen molar-refractivity contribution in [3.05, 3.63) is 29.6 Å². The number of benzene rings is 1. The van der Waals surface area contributed by atoms with Crippen molar-refractivity contribution >= 4 is 26.8 Å². The summed E-state index contributed by atoms with van der Waals surface area (Å²) in [5.41, 5.74) is 2.17. The molecular formula is C22H32N4O4S.